The van der Waals surface area contributed by atoms with Gasteiger partial charge in [-0.25, -0.2) is 4.52 Å². The van der Waals surface area contributed by atoms with Crippen LogP contribution in [0, 0.1) is 6.92 Å². The van der Waals surface area contributed by atoms with E-state index in [1.807, 2.05) is 20.8 Å². The minimum absolute atomic E-state index is 0.100. The first-order valence-electron chi connectivity index (χ1n) is 9.62. The Kier molecular flexibility index (Phi) is 4.55. The molecule has 8 heteroatoms. The van der Waals surface area contributed by atoms with Gasteiger partial charge < -0.3 is 19.9 Å². The van der Waals surface area contributed by atoms with E-state index >= 15 is 0 Å². The van der Waals surface area contributed by atoms with Crippen molar-refractivity contribution in [1.82, 2.24) is 24.8 Å². The van der Waals surface area contributed by atoms with E-state index in [9.17, 15) is 9.59 Å². The molecule has 0 aromatic carbocycles. The van der Waals surface area contributed by atoms with Crippen LogP contribution in [-0.2, 0) is 4.74 Å². The van der Waals surface area contributed by atoms with Gasteiger partial charge in [0.05, 0.1) is 23.6 Å². The quantitative estimate of drug-likeness (QED) is 0.821. The van der Waals surface area contributed by atoms with E-state index in [2.05, 4.69) is 15.4 Å². The Bertz CT molecular complexity index is 923. The summed E-state index contributed by atoms with van der Waals surface area (Å²) in [6.07, 6.45) is 1.91. The van der Waals surface area contributed by atoms with E-state index in [1.165, 1.54) is 0 Å². The Morgan fingerprint density at radius 3 is 2.78 bits per heavy atom. The van der Waals surface area contributed by atoms with E-state index in [-0.39, 0.29) is 23.0 Å². The SMILES string of the molecule is Cc1nn2c(C3CCNCC3)cc(=O)[nH]c2c1C(=O)N1CCOC(C)(C)C1. The number of H-pyrrole nitrogens is 1. The molecule has 2 aromatic heterocycles. The van der Waals surface area contributed by atoms with Crippen LogP contribution in [0.5, 0.6) is 0 Å². The number of morpholine rings is 1. The minimum Gasteiger partial charge on any atom is -0.372 e. The molecule has 0 radical (unpaired) electrons. The number of nitrogens with zero attached hydrogens (tertiary/aromatic N) is 3. The van der Waals surface area contributed by atoms with Gasteiger partial charge in [0.1, 0.15) is 11.2 Å². The maximum Gasteiger partial charge on any atom is 0.259 e. The zero-order valence-electron chi connectivity index (χ0n) is 16.2. The smallest absolute Gasteiger partial charge is 0.259 e. The van der Waals surface area contributed by atoms with Crippen molar-refractivity contribution in [2.45, 2.75) is 45.1 Å². The molecule has 0 bridgehead atoms. The average molecular weight is 373 g/mol. The summed E-state index contributed by atoms with van der Waals surface area (Å²) >= 11 is 0. The number of ether oxygens (including phenoxy) is 1. The molecule has 2 aromatic rings. The van der Waals surface area contributed by atoms with Gasteiger partial charge in [-0.3, -0.25) is 9.59 Å². The molecule has 2 fully saturated rings. The fraction of sp³-hybridized carbons (Fsp3) is 0.632. The summed E-state index contributed by atoms with van der Waals surface area (Å²) in [7, 11) is 0. The van der Waals surface area contributed by atoms with Crippen molar-refractivity contribution in [2.75, 3.05) is 32.8 Å². The van der Waals surface area contributed by atoms with Crippen molar-refractivity contribution in [3.05, 3.63) is 33.4 Å². The zero-order chi connectivity index (χ0) is 19.2. The Balaban J connectivity index is 1.77. The lowest BCUT2D eigenvalue weighted by Gasteiger charge is -2.38. The fourth-order valence-corrected chi connectivity index (χ4v) is 4.19. The van der Waals surface area contributed by atoms with Crippen molar-refractivity contribution >= 4 is 11.6 Å². The molecule has 2 N–H and O–H groups in total. The number of aromatic amines is 1. The van der Waals surface area contributed by atoms with Crippen LogP contribution >= 0.6 is 0 Å². The summed E-state index contributed by atoms with van der Waals surface area (Å²) in [6.45, 7) is 9.20. The van der Waals surface area contributed by atoms with Gasteiger partial charge in [0.15, 0.2) is 0 Å². The molecular weight excluding hydrogens is 346 g/mol. The van der Waals surface area contributed by atoms with Crippen molar-refractivity contribution in [3.63, 3.8) is 0 Å². The number of fused-ring (bicyclic) bond motifs is 1. The molecule has 146 valence electrons. The van der Waals surface area contributed by atoms with Gasteiger partial charge in [-0.2, -0.15) is 5.10 Å². The number of piperidine rings is 1. The summed E-state index contributed by atoms with van der Waals surface area (Å²) < 4.78 is 7.49. The average Bonchev–Trinajstić information content (AvgIpc) is 2.96. The van der Waals surface area contributed by atoms with Crippen molar-refractivity contribution < 1.29 is 9.53 Å². The largest absolute Gasteiger partial charge is 0.372 e. The molecular formula is C19H27N5O3. The third kappa shape index (κ3) is 3.39. The summed E-state index contributed by atoms with van der Waals surface area (Å²) in [6, 6.07) is 1.63. The van der Waals surface area contributed by atoms with Gasteiger partial charge >= 0.3 is 0 Å². The van der Waals surface area contributed by atoms with Gasteiger partial charge in [0.2, 0.25) is 0 Å². The molecule has 0 saturated carbocycles. The Hall–Kier alpha value is -2.19. The lowest BCUT2D eigenvalue weighted by molar-refractivity contribution is -0.0763. The monoisotopic (exact) mass is 373 g/mol. The van der Waals surface area contributed by atoms with Crippen molar-refractivity contribution in [2.24, 2.45) is 0 Å². The molecule has 8 nitrogen and oxygen atoms in total. The van der Waals surface area contributed by atoms with Crippen LogP contribution in [0.2, 0.25) is 0 Å². The van der Waals surface area contributed by atoms with Gasteiger partial charge in [0, 0.05) is 25.1 Å². The number of nitrogens with one attached hydrogen (secondary N) is 2. The van der Waals surface area contributed by atoms with E-state index in [0.29, 0.717) is 36.6 Å². The predicted molar refractivity (Wildman–Crippen MR) is 101 cm³/mol. The summed E-state index contributed by atoms with van der Waals surface area (Å²) in [5.41, 5.74) is 1.95. The molecule has 0 atom stereocenters. The number of hydrogen-bond acceptors (Lipinski definition) is 5. The van der Waals surface area contributed by atoms with Gasteiger partial charge in [-0.15, -0.1) is 0 Å². The van der Waals surface area contributed by atoms with Crippen molar-refractivity contribution in [3.8, 4) is 0 Å². The van der Waals surface area contributed by atoms with Gasteiger partial charge in [0.25, 0.3) is 11.5 Å². The highest BCUT2D eigenvalue weighted by atomic mass is 16.5. The van der Waals surface area contributed by atoms with Crippen molar-refractivity contribution in [1.29, 1.82) is 0 Å². The van der Waals surface area contributed by atoms with Crippen LogP contribution in [0.1, 0.15) is 54.4 Å². The first-order chi connectivity index (χ1) is 12.9. The summed E-state index contributed by atoms with van der Waals surface area (Å²) in [5.74, 6) is 0.164. The second kappa shape index (κ2) is 6.76. The van der Waals surface area contributed by atoms with Gasteiger partial charge in [-0.1, -0.05) is 0 Å². The number of carbonyl (C=O) groups is 1. The molecule has 1 amide bonds. The van der Waals surface area contributed by atoms with Crippen LogP contribution in [0.25, 0.3) is 5.65 Å². The fourth-order valence-electron chi connectivity index (χ4n) is 4.19. The van der Waals surface area contributed by atoms with Crippen LogP contribution in [0.3, 0.4) is 0 Å². The van der Waals surface area contributed by atoms with Crippen LogP contribution < -0.4 is 10.9 Å². The predicted octanol–water partition coefficient (Wildman–Crippen LogP) is 1.05. The number of carbonyl (C=O) groups excluding carboxylic acids is 1. The Morgan fingerprint density at radius 1 is 1.33 bits per heavy atom. The topological polar surface area (TPSA) is 91.7 Å². The molecule has 0 spiro atoms. The maximum absolute atomic E-state index is 13.3. The van der Waals surface area contributed by atoms with Crippen LogP contribution in [-0.4, -0.2) is 63.8 Å². The second-order valence-corrected chi connectivity index (χ2v) is 8.14. The normalized spacial score (nSPS) is 20.9. The molecule has 0 aliphatic carbocycles. The van der Waals surface area contributed by atoms with E-state index in [1.54, 1.807) is 15.5 Å². The Labute approximate surface area is 157 Å². The molecule has 0 unspecified atom stereocenters. The third-order valence-electron chi connectivity index (χ3n) is 5.51. The first-order valence-corrected chi connectivity index (χ1v) is 9.62. The van der Waals surface area contributed by atoms with Gasteiger partial charge in [-0.05, 0) is 46.7 Å². The Morgan fingerprint density at radius 2 is 2.07 bits per heavy atom. The maximum atomic E-state index is 13.3. The second-order valence-electron chi connectivity index (χ2n) is 8.14. The van der Waals surface area contributed by atoms with Crippen LogP contribution in [0.15, 0.2) is 10.9 Å². The number of aryl methyl sites for hydroxylation is 1. The molecule has 4 heterocycles. The molecule has 4 rings (SSSR count). The number of hydrogen-bond donors (Lipinski definition) is 2. The molecule has 27 heavy (non-hydrogen) atoms. The highest BCUT2D eigenvalue weighted by molar-refractivity contribution is 6.01. The first kappa shape index (κ1) is 18.2. The highest BCUT2D eigenvalue weighted by Crippen LogP contribution is 2.27. The standard InChI is InChI=1S/C19H27N5O3/c1-12-16(18(26)23-8-9-27-19(2,3)11-23)17-21-15(25)10-14(24(17)22-12)13-4-6-20-7-5-13/h10,13,20H,4-9,11H2,1-3H3,(H,21,25). The molecule has 2 aliphatic heterocycles. The number of amides is 1. The molecule has 2 aliphatic rings. The lowest BCUT2D eigenvalue weighted by Crippen LogP contribution is -2.50. The van der Waals surface area contributed by atoms with E-state index < -0.39 is 0 Å². The minimum atomic E-state index is -0.377. The summed E-state index contributed by atoms with van der Waals surface area (Å²) in [5, 5.41) is 7.97. The number of rotatable bonds is 2. The third-order valence-corrected chi connectivity index (χ3v) is 5.51. The van der Waals surface area contributed by atoms with Crippen LogP contribution in [0.4, 0.5) is 0 Å². The number of aromatic nitrogens is 3. The lowest BCUT2D eigenvalue weighted by atomic mass is 9.94. The zero-order valence-corrected chi connectivity index (χ0v) is 16.2. The van der Waals surface area contributed by atoms with E-state index in [0.717, 1.165) is 31.6 Å². The summed E-state index contributed by atoms with van der Waals surface area (Å²) in [4.78, 5) is 30.3. The highest BCUT2D eigenvalue weighted by Gasteiger charge is 2.33. The van der Waals surface area contributed by atoms with E-state index in [4.69, 9.17) is 4.74 Å². The molecule has 2 saturated heterocycles.